The van der Waals surface area contributed by atoms with Crippen molar-refractivity contribution in [1.29, 1.82) is 0 Å². The number of nitrogens with one attached hydrogen (secondary N) is 2. The van der Waals surface area contributed by atoms with Crippen molar-refractivity contribution in [3.63, 3.8) is 0 Å². The molecule has 0 fully saturated rings. The van der Waals surface area contributed by atoms with E-state index < -0.39 is 6.03 Å². The second-order valence-electron chi connectivity index (χ2n) is 4.55. The van der Waals surface area contributed by atoms with E-state index in [1.54, 1.807) is 24.4 Å². The number of aromatic nitrogens is 3. The van der Waals surface area contributed by atoms with Gasteiger partial charge in [-0.25, -0.2) is 14.2 Å². The molecule has 0 bridgehead atoms. The molecule has 0 saturated carbocycles. The fraction of sp³-hybridized carbons (Fsp3) is 0.0667. The molecule has 0 aliphatic rings. The van der Waals surface area contributed by atoms with Crippen LogP contribution in [0, 0.1) is 5.82 Å². The molecule has 0 radical (unpaired) electrons. The molecular formula is C15H12FN5O2. The normalized spacial score (nSPS) is 10.3. The van der Waals surface area contributed by atoms with Gasteiger partial charge in [0.25, 0.3) is 5.89 Å². The lowest BCUT2D eigenvalue weighted by Crippen LogP contribution is -2.28. The van der Waals surface area contributed by atoms with E-state index in [0.29, 0.717) is 17.2 Å². The fourth-order valence-electron chi connectivity index (χ4n) is 1.79. The Kier molecular flexibility index (Phi) is 4.23. The molecule has 2 aromatic heterocycles. The highest BCUT2D eigenvalue weighted by atomic mass is 19.1. The molecule has 1 aromatic carbocycles. The molecule has 0 aliphatic carbocycles. The smallest absolute Gasteiger partial charge is 0.320 e. The van der Waals surface area contributed by atoms with Gasteiger partial charge in [0.2, 0.25) is 0 Å². The van der Waals surface area contributed by atoms with E-state index in [1.165, 1.54) is 24.3 Å². The van der Waals surface area contributed by atoms with Crippen LogP contribution in [0.4, 0.5) is 15.0 Å². The molecule has 8 heteroatoms. The Balaban J connectivity index is 1.57. The summed E-state index contributed by atoms with van der Waals surface area (Å²) in [4.78, 5) is 19.8. The Labute approximate surface area is 130 Å². The van der Waals surface area contributed by atoms with Gasteiger partial charge >= 0.3 is 6.03 Å². The number of carbonyl (C=O) groups excluding carboxylic acids is 1. The summed E-state index contributed by atoms with van der Waals surface area (Å²) < 4.78 is 17.9. The van der Waals surface area contributed by atoms with Crippen molar-refractivity contribution in [1.82, 2.24) is 20.4 Å². The van der Waals surface area contributed by atoms with Crippen molar-refractivity contribution < 1.29 is 13.7 Å². The van der Waals surface area contributed by atoms with Crippen LogP contribution in [-0.4, -0.2) is 21.2 Å². The molecule has 7 nitrogen and oxygen atoms in total. The Morgan fingerprint density at radius 2 is 2.00 bits per heavy atom. The zero-order valence-corrected chi connectivity index (χ0v) is 11.9. The third kappa shape index (κ3) is 3.88. The minimum absolute atomic E-state index is 0.0867. The van der Waals surface area contributed by atoms with E-state index in [9.17, 15) is 9.18 Å². The minimum Gasteiger partial charge on any atom is -0.334 e. The van der Waals surface area contributed by atoms with Gasteiger partial charge in [0, 0.05) is 11.8 Å². The molecule has 0 unspecified atom stereocenters. The van der Waals surface area contributed by atoms with E-state index in [1.807, 2.05) is 0 Å². The summed E-state index contributed by atoms with van der Waals surface area (Å²) in [6.07, 6.45) is 1.57. The number of pyridine rings is 1. The lowest BCUT2D eigenvalue weighted by atomic mass is 10.2. The molecule has 0 saturated heterocycles. The standard InChI is InChI=1S/C15H12FN5O2/c16-11-6-4-10(5-7-11)14-19-13(21-23-14)9-18-15(22)20-12-3-1-2-8-17-12/h1-8H,9H2,(H2,17,18,20,22). The van der Waals surface area contributed by atoms with Crippen LogP contribution in [0.15, 0.2) is 53.2 Å². The van der Waals surface area contributed by atoms with Crippen molar-refractivity contribution in [2.75, 3.05) is 5.32 Å². The lowest BCUT2D eigenvalue weighted by Gasteiger charge is -2.04. The molecule has 2 N–H and O–H groups in total. The predicted molar refractivity (Wildman–Crippen MR) is 79.8 cm³/mol. The maximum atomic E-state index is 12.9. The molecule has 0 aliphatic heterocycles. The molecule has 3 rings (SSSR count). The number of anilines is 1. The minimum atomic E-state index is -0.433. The Bertz CT molecular complexity index is 789. The quantitative estimate of drug-likeness (QED) is 0.772. The molecule has 2 amide bonds. The summed E-state index contributed by atoms with van der Waals surface area (Å²) in [6.45, 7) is 0.0867. The zero-order valence-electron chi connectivity index (χ0n) is 11.9. The van der Waals surface area contributed by atoms with Gasteiger partial charge in [-0.05, 0) is 36.4 Å². The summed E-state index contributed by atoms with van der Waals surface area (Å²) in [5.41, 5.74) is 0.600. The van der Waals surface area contributed by atoms with E-state index in [4.69, 9.17) is 4.52 Å². The van der Waals surface area contributed by atoms with Crippen LogP contribution in [0.5, 0.6) is 0 Å². The van der Waals surface area contributed by atoms with Gasteiger partial charge < -0.3 is 9.84 Å². The van der Waals surface area contributed by atoms with E-state index >= 15 is 0 Å². The van der Waals surface area contributed by atoms with Crippen molar-refractivity contribution in [3.05, 3.63) is 60.3 Å². The summed E-state index contributed by atoms with van der Waals surface area (Å²) >= 11 is 0. The number of hydrogen-bond acceptors (Lipinski definition) is 5. The van der Waals surface area contributed by atoms with Gasteiger partial charge in [-0.1, -0.05) is 11.2 Å². The van der Waals surface area contributed by atoms with Crippen LogP contribution in [-0.2, 0) is 6.54 Å². The van der Waals surface area contributed by atoms with Gasteiger partial charge in [-0.2, -0.15) is 4.98 Å². The first kappa shape index (κ1) is 14.6. The van der Waals surface area contributed by atoms with Gasteiger partial charge in [0.1, 0.15) is 11.6 Å². The topological polar surface area (TPSA) is 92.9 Å². The van der Waals surface area contributed by atoms with Crippen molar-refractivity contribution in [3.8, 4) is 11.5 Å². The van der Waals surface area contributed by atoms with Gasteiger partial charge in [0.05, 0.1) is 6.54 Å². The monoisotopic (exact) mass is 313 g/mol. The first-order chi connectivity index (χ1) is 11.2. The molecule has 2 heterocycles. The summed E-state index contributed by atoms with van der Waals surface area (Å²) in [5, 5.41) is 8.91. The zero-order chi connectivity index (χ0) is 16.1. The number of urea groups is 1. The predicted octanol–water partition coefficient (Wildman–Crippen LogP) is 2.59. The Morgan fingerprint density at radius 1 is 1.17 bits per heavy atom. The van der Waals surface area contributed by atoms with E-state index in [0.717, 1.165) is 0 Å². The van der Waals surface area contributed by atoms with Crippen LogP contribution in [0.3, 0.4) is 0 Å². The third-order valence-corrected chi connectivity index (χ3v) is 2.87. The number of amides is 2. The summed E-state index contributed by atoms with van der Waals surface area (Å²) in [7, 11) is 0. The summed E-state index contributed by atoms with van der Waals surface area (Å²) in [6, 6.07) is 10.4. The van der Waals surface area contributed by atoms with Gasteiger partial charge in [-0.3, -0.25) is 5.32 Å². The highest BCUT2D eigenvalue weighted by molar-refractivity contribution is 5.87. The Hall–Kier alpha value is -3.29. The highest BCUT2D eigenvalue weighted by Gasteiger charge is 2.10. The molecule has 3 aromatic rings. The van der Waals surface area contributed by atoms with Crippen LogP contribution in [0.1, 0.15) is 5.82 Å². The second-order valence-corrected chi connectivity index (χ2v) is 4.55. The lowest BCUT2D eigenvalue weighted by molar-refractivity contribution is 0.251. The largest absolute Gasteiger partial charge is 0.334 e. The SMILES string of the molecule is O=C(NCc1noc(-c2ccc(F)cc2)n1)Nc1ccccn1. The molecule has 0 spiro atoms. The first-order valence-electron chi connectivity index (χ1n) is 6.75. The second kappa shape index (κ2) is 6.65. The average molecular weight is 313 g/mol. The van der Waals surface area contributed by atoms with E-state index in [-0.39, 0.29) is 18.3 Å². The number of carbonyl (C=O) groups is 1. The average Bonchev–Trinajstić information content (AvgIpc) is 3.04. The van der Waals surface area contributed by atoms with Crippen LogP contribution < -0.4 is 10.6 Å². The Morgan fingerprint density at radius 3 is 2.74 bits per heavy atom. The number of hydrogen-bond donors (Lipinski definition) is 2. The van der Waals surface area contributed by atoms with Gasteiger partial charge in [-0.15, -0.1) is 0 Å². The van der Waals surface area contributed by atoms with Crippen molar-refractivity contribution >= 4 is 11.8 Å². The number of benzene rings is 1. The van der Waals surface area contributed by atoms with E-state index in [2.05, 4.69) is 25.8 Å². The van der Waals surface area contributed by atoms with Gasteiger partial charge in [0.15, 0.2) is 5.82 Å². The number of rotatable bonds is 4. The highest BCUT2D eigenvalue weighted by Crippen LogP contribution is 2.17. The third-order valence-electron chi connectivity index (χ3n) is 2.87. The molecule has 116 valence electrons. The number of nitrogens with zero attached hydrogens (tertiary/aromatic N) is 3. The van der Waals surface area contributed by atoms with Crippen LogP contribution in [0.2, 0.25) is 0 Å². The van der Waals surface area contributed by atoms with Crippen LogP contribution >= 0.6 is 0 Å². The molecule has 23 heavy (non-hydrogen) atoms. The van der Waals surface area contributed by atoms with Crippen LogP contribution in [0.25, 0.3) is 11.5 Å². The maximum absolute atomic E-state index is 12.9. The molecule has 0 atom stereocenters. The first-order valence-corrected chi connectivity index (χ1v) is 6.75. The van der Waals surface area contributed by atoms with Crippen molar-refractivity contribution in [2.24, 2.45) is 0 Å². The number of halogens is 1. The fourth-order valence-corrected chi connectivity index (χ4v) is 1.79. The summed E-state index contributed by atoms with van der Waals surface area (Å²) in [5.74, 6) is 0.652. The molecular weight excluding hydrogens is 301 g/mol. The maximum Gasteiger partial charge on any atom is 0.320 e. The van der Waals surface area contributed by atoms with Crippen molar-refractivity contribution in [2.45, 2.75) is 6.54 Å².